The van der Waals surface area contributed by atoms with Crippen LogP contribution in [0.1, 0.15) is 11.3 Å². The summed E-state index contributed by atoms with van der Waals surface area (Å²) in [5.74, 6) is 1.08. The lowest BCUT2D eigenvalue weighted by molar-refractivity contribution is -0.140. The first kappa shape index (κ1) is 16.1. The summed E-state index contributed by atoms with van der Waals surface area (Å²) in [6.45, 7) is 0.508. The number of methoxy groups -OCH3 is 1. The van der Waals surface area contributed by atoms with Gasteiger partial charge in [-0.1, -0.05) is 12.1 Å². The highest BCUT2D eigenvalue weighted by molar-refractivity contribution is 5.63. The number of nitrogens with one attached hydrogen (secondary N) is 1. The second-order valence-corrected chi connectivity index (χ2v) is 5.16. The number of halogens is 3. The van der Waals surface area contributed by atoms with E-state index < -0.39 is 11.9 Å². The second-order valence-electron chi connectivity index (χ2n) is 5.16. The Morgan fingerprint density at radius 1 is 1.29 bits per heavy atom. The van der Waals surface area contributed by atoms with Crippen LogP contribution in [0, 0.1) is 0 Å². The van der Waals surface area contributed by atoms with E-state index in [-0.39, 0.29) is 5.65 Å². The Kier molecular flexibility index (Phi) is 4.28. The average molecular weight is 336 g/mol. The molecule has 0 fully saturated rings. The molecule has 0 unspecified atom stereocenters. The molecule has 5 nitrogen and oxygen atoms in total. The van der Waals surface area contributed by atoms with Crippen molar-refractivity contribution < 1.29 is 17.9 Å². The van der Waals surface area contributed by atoms with E-state index >= 15 is 0 Å². The number of alkyl halides is 3. The molecule has 0 atom stereocenters. The van der Waals surface area contributed by atoms with Crippen molar-refractivity contribution in [1.82, 2.24) is 14.4 Å². The van der Waals surface area contributed by atoms with Gasteiger partial charge in [0.2, 0.25) is 0 Å². The van der Waals surface area contributed by atoms with Gasteiger partial charge >= 0.3 is 6.18 Å². The molecule has 2 heterocycles. The molecule has 24 heavy (non-hydrogen) atoms. The van der Waals surface area contributed by atoms with Gasteiger partial charge in [0.05, 0.1) is 7.11 Å². The second kappa shape index (κ2) is 6.38. The van der Waals surface area contributed by atoms with Crippen molar-refractivity contribution in [3.05, 3.63) is 54.1 Å². The van der Waals surface area contributed by atoms with Crippen LogP contribution in [0.4, 0.5) is 19.0 Å². The third-order valence-electron chi connectivity index (χ3n) is 3.51. The lowest BCUT2D eigenvalue weighted by atomic mass is 10.1. The molecule has 2 aromatic heterocycles. The Hall–Kier alpha value is -2.77. The fraction of sp³-hybridized carbons (Fsp3) is 0.250. The molecule has 8 heteroatoms. The summed E-state index contributed by atoms with van der Waals surface area (Å²) >= 11 is 0. The van der Waals surface area contributed by atoms with Gasteiger partial charge in [0.25, 0.3) is 0 Å². The third-order valence-corrected chi connectivity index (χ3v) is 3.51. The summed E-state index contributed by atoms with van der Waals surface area (Å²) in [5, 5.41) is 3.04. The maximum Gasteiger partial charge on any atom is 0.434 e. The molecular formula is C16H15F3N4O. The monoisotopic (exact) mass is 336 g/mol. The van der Waals surface area contributed by atoms with Gasteiger partial charge in [0.1, 0.15) is 5.75 Å². The molecule has 0 aliphatic rings. The number of fused-ring (bicyclic) bond motifs is 1. The Morgan fingerprint density at radius 3 is 2.88 bits per heavy atom. The van der Waals surface area contributed by atoms with E-state index in [1.807, 2.05) is 24.3 Å². The maximum atomic E-state index is 12.8. The summed E-state index contributed by atoms with van der Waals surface area (Å²) in [5.41, 5.74) is 0.259. The third kappa shape index (κ3) is 3.42. The van der Waals surface area contributed by atoms with Crippen LogP contribution in [0.3, 0.4) is 0 Å². The first-order valence-corrected chi connectivity index (χ1v) is 7.25. The highest BCUT2D eigenvalue weighted by Crippen LogP contribution is 2.29. The SMILES string of the molecule is COc1cccc(CCNc2nccn3cc(C(F)(F)F)nc23)c1. The molecule has 1 N–H and O–H groups in total. The quantitative estimate of drug-likeness (QED) is 0.776. The van der Waals surface area contributed by atoms with E-state index in [1.54, 1.807) is 7.11 Å². The Bertz CT molecular complexity index is 845. The molecule has 0 spiro atoms. The first-order valence-electron chi connectivity index (χ1n) is 7.25. The van der Waals surface area contributed by atoms with Crippen LogP contribution in [0.25, 0.3) is 5.65 Å². The Labute approximate surface area is 136 Å². The maximum absolute atomic E-state index is 12.8. The van der Waals surface area contributed by atoms with E-state index in [0.29, 0.717) is 18.8 Å². The van der Waals surface area contributed by atoms with E-state index in [0.717, 1.165) is 17.5 Å². The molecule has 0 amide bonds. The van der Waals surface area contributed by atoms with Crippen LogP contribution >= 0.6 is 0 Å². The van der Waals surface area contributed by atoms with Gasteiger partial charge in [-0.15, -0.1) is 0 Å². The van der Waals surface area contributed by atoms with E-state index in [2.05, 4.69) is 15.3 Å². The molecule has 126 valence electrons. The normalized spacial score (nSPS) is 11.7. The molecule has 0 radical (unpaired) electrons. The minimum absolute atomic E-state index is 0.149. The van der Waals surface area contributed by atoms with Crippen molar-refractivity contribution in [2.24, 2.45) is 0 Å². The zero-order valence-electron chi connectivity index (χ0n) is 12.8. The zero-order chi connectivity index (χ0) is 17.2. The summed E-state index contributed by atoms with van der Waals surface area (Å²) < 4.78 is 44.8. The predicted molar refractivity (Wildman–Crippen MR) is 83.2 cm³/mol. The van der Waals surface area contributed by atoms with Crippen molar-refractivity contribution in [3.8, 4) is 5.75 Å². The molecule has 0 bridgehead atoms. The number of hydrogen-bond acceptors (Lipinski definition) is 4. The van der Waals surface area contributed by atoms with Crippen LogP contribution in [-0.4, -0.2) is 28.0 Å². The Balaban J connectivity index is 1.74. The van der Waals surface area contributed by atoms with Crippen molar-refractivity contribution in [2.45, 2.75) is 12.6 Å². The number of aromatic nitrogens is 3. The highest BCUT2D eigenvalue weighted by atomic mass is 19.4. The van der Waals surface area contributed by atoms with Crippen molar-refractivity contribution >= 4 is 11.5 Å². The van der Waals surface area contributed by atoms with Gasteiger partial charge in [-0.2, -0.15) is 13.2 Å². The molecule has 0 saturated heterocycles. The van der Waals surface area contributed by atoms with Crippen LogP contribution in [0.15, 0.2) is 42.9 Å². The fourth-order valence-electron chi connectivity index (χ4n) is 2.33. The van der Waals surface area contributed by atoms with E-state index in [1.165, 1.54) is 16.8 Å². The summed E-state index contributed by atoms with van der Waals surface area (Å²) in [6.07, 6.45) is 0.00837. The Morgan fingerprint density at radius 2 is 2.12 bits per heavy atom. The number of anilines is 1. The molecule has 3 aromatic rings. The number of hydrogen-bond donors (Lipinski definition) is 1. The zero-order valence-corrected chi connectivity index (χ0v) is 12.8. The minimum atomic E-state index is -4.48. The molecule has 0 aliphatic heterocycles. The highest BCUT2D eigenvalue weighted by Gasteiger charge is 2.34. The number of nitrogens with zero attached hydrogens (tertiary/aromatic N) is 3. The number of rotatable bonds is 5. The van der Waals surface area contributed by atoms with E-state index in [4.69, 9.17) is 4.74 Å². The topological polar surface area (TPSA) is 51.5 Å². The van der Waals surface area contributed by atoms with Crippen LogP contribution in [0.2, 0.25) is 0 Å². The predicted octanol–water partition coefficient (Wildman–Crippen LogP) is 3.41. The average Bonchev–Trinajstić information content (AvgIpc) is 3.00. The number of benzene rings is 1. The summed E-state index contributed by atoms with van der Waals surface area (Å²) in [6, 6.07) is 7.60. The van der Waals surface area contributed by atoms with Gasteiger partial charge in [-0.25, -0.2) is 9.97 Å². The van der Waals surface area contributed by atoms with Crippen molar-refractivity contribution in [2.75, 3.05) is 19.0 Å². The smallest absolute Gasteiger partial charge is 0.434 e. The largest absolute Gasteiger partial charge is 0.497 e. The molecular weight excluding hydrogens is 321 g/mol. The standard InChI is InChI=1S/C16H15F3N4O/c1-24-12-4-2-3-11(9-12)5-6-20-14-15-22-13(16(17,18)19)10-23(15)8-7-21-14/h2-4,7-10H,5-6H2,1H3,(H,20,21). The summed E-state index contributed by atoms with van der Waals surface area (Å²) in [4.78, 5) is 7.71. The lowest BCUT2D eigenvalue weighted by Gasteiger charge is -2.07. The molecule has 1 aromatic carbocycles. The van der Waals surface area contributed by atoms with Crippen molar-refractivity contribution in [3.63, 3.8) is 0 Å². The number of imidazole rings is 1. The lowest BCUT2D eigenvalue weighted by Crippen LogP contribution is -2.08. The summed E-state index contributed by atoms with van der Waals surface area (Å²) in [7, 11) is 1.60. The van der Waals surface area contributed by atoms with Gasteiger partial charge in [-0.3, -0.25) is 0 Å². The molecule has 0 aliphatic carbocycles. The van der Waals surface area contributed by atoms with Gasteiger partial charge < -0.3 is 14.5 Å². The molecule has 0 saturated carbocycles. The van der Waals surface area contributed by atoms with Crippen molar-refractivity contribution in [1.29, 1.82) is 0 Å². The van der Waals surface area contributed by atoms with Gasteiger partial charge in [0.15, 0.2) is 17.2 Å². The van der Waals surface area contributed by atoms with Gasteiger partial charge in [-0.05, 0) is 24.1 Å². The first-order chi connectivity index (χ1) is 11.5. The number of ether oxygens (including phenoxy) is 1. The minimum Gasteiger partial charge on any atom is -0.497 e. The fourth-order valence-corrected chi connectivity index (χ4v) is 2.33. The molecule has 3 rings (SSSR count). The van der Waals surface area contributed by atoms with Crippen LogP contribution in [0.5, 0.6) is 5.75 Å². The van der Waals surface area contributed by atoms with E-state index in [9.17, 15) is 13.2 Å². The van der Waals surface area contributed by atoms with Gasteiger partial charge in [0, 0.05) is 25.1 Å². The van der Waals surface area contributed by atoms with Crippen LogP contribution in [-0.2, 0) is 12.6 Å². The van der Waals surface area contributed by atoms with Crippen LogP contribution < -0.4 is 10.1 Å².